The fourth-order valence-corrected chi connectivity index (χ4v) is 4.06. The molecule has 0 amide bonds. The van der Waals surface area contributed by atoms with Crippen molar-refractivity contribution in [1.29, 1.82) is 0 Å². The molecular formula is C28H36Cl2N6O4Pd2. The SMILES string of the molecule is CC1(C)COC(c2ccc(C3=NC(C)(C)CO3)[n-]2)=N1.CC1(C)COC(c2ccc(C3=NC(C)(C)CO3)[n-]2)=N1.[Cl][Pd+].[Cl][Pd+]. The molecule has 0 unspecified atom stereocenters. The van der Waals surface area contributed by atoms with Crippen LogP contribution in [0.25, 0.3) is 0 Å². The van der Waals surface area contributed by atoms with Gasteiger partial charge < -0.3 is 28.9 Å². The summed E-state index contributed by atoms with van der Waals surface area (Å²) in [5, 5.41) is 0. The van der Waals surface area contributed by atoms with E-state index in [1.807, 2.05) is 79.7 Å². The number of halogens is 2. The quantitative estimate of drug-likeness (QED) is 0.408. The van der Waals surface area contributed by atoms with Crippen LogP contribution in [0.1, 0.15) is 78.2 Å². The number of aliphatic imine (C=N–C) groups is 4. The first-order chi connectivity index (χ1) is 19.7. The average Bonchev–Trinajstić information content (AvgIpc) is 3.75. The van der Waals surface area contributed by atoms with E-state index in [-0.39, 0.29) is 22.2 Å². The van der Waals surface area contributed by atoms with Gasteiger partial charge in [-0.2, -0.15) is 0 Å². The summed E-state index contributed by atoms with van der Waals surface area (Å²) < 4.78 is 22.3. The summed E-state index contributed by atoms with van der Waals surface area (Å²) in [7, 11) is 8.98. The van der Waals surface area contributed by atoms with E-state index in [9.17, 15) is 0 Å². The Hall–Kier alpha value is -1.66. The summed E-state index contributed by atoms with van der Waals surface area (Å²) in [5.74, 6) is 2.42. The van der Waals surface area contributed by atoms with Crippen LogP contribution in [-0.2, 0) is 55.3 Å². The Bertz CT molecular complexity index is 1160. The van der Waals surface area contributed by atoms with Gasteiger partial charge in [0.25, 0.3) is 0 Å². The van der Waals surface area contributed by atoms with E-state index < -0.39 is 0 Å². The number of hydrogen-bond donors (Lipinski definition) is 0. The molecule has 0 atom stereocenters. The number of rotatable bonds is 4. The third kappa shape index (κ3) is 9.17. The van der Waals surface area contributed by atoms with Crippen molar-refractivity contribution in [1.82, 2.24) is 9.97 Å². The zero-order valence-electron chi connectivity index (χ0n) is 24.8. The van der Waals surface area contributed by atoms with Crippen LogP contribution in [0.5, 0.6) is 0 Å². The molecule has 2 aromatic rings. The number of nitrogens with zero attached hydrogens (tertiary/aromatic N) is 6. The van der Waals surface area contributed by atoms with Crippen LogP contribution < -0.4 is 9.97 Å². The van der Waals surface area contributed by atoms with Gasteiger partial charge in [-0.05, 0) is 55.4 Å². The molecule has 4 aliphatic heterocycles. The molecule has 0 aromatic carbocycles. The molecule has 236 valence electrons. The monoisotopic (exact) mass is 802 g/mol. The van der Waals surface area contributed by atoms with Gasteiger partial charge in [0.2, 0.25) is 0 Å². The number of ether oxygens (including phenoxy) is 4. The van der Waals surface area contributed by atoms with Gasteiger partial charge in [0.15, 0.2) is 23.6 Å². The van der Waals surface area contributed by atoms with E-state index in [2.05, 4.69) is 85.4 Å². The molecule has 0 spiro atoms. The molecule has 6 heterocycles. The minimum absolute atomic E-state index is 0.169. The Morgan fingerprint density at radius 3 is 0.810 bits per heavy atom. The van der Waals surface area contributed by atoms with Crippen LogP contribution in [0, 0.1) is 0 Å². The second-order valence-electron chi connectivity index (χ2n) is 12.5. The van der Waals surface area contributed by atoms with Crippen molar-refractivity contribution >= 4 is 42.6 Å². The van der Waals surface area contributed by atoms with Crippen LogP contribution in [0.2, 0.25) is 0 Å². The first kappa shape index (κ1) is 34.8. The van der Waals surface area contributed by atoms with E-state index in [1.165, 1.54) is 0 Å². The molecule has 2 aromatic heterocycles. The maximum absolute atomic E-state index is 5.58. The molecular weight excluding hydrogens is 768 g/mol. The van der Waals surface area contributed by atoms with Crippen molar-refractivity contribution in [3.63, 3.8) is 0 Å². The Kier molecular flexibility index (Phi) is 11.6. The normalized spacial score (nSPS) is 21.7. The summed E-state index contributed by atoms with van der Waals surface area (Å²) in [5.41, 5.74) is 2.31. The van der Waals surface area contributed by atoms with Gasteiger partial charge in [0, 0.05) is 0 Å². The van der Waals surface area contributed by atoms with Gasteiger partial charge >= 0.3 is 55.4 Å². The van der Waals surface area contributed by atoms with Crippen molar-refractivity contribution in [3.8, 4) is 0 Å². The van der Waals surface area contributed by atoms with Crippen LogP contribution in [0.4, 0.5) is 0 Å². The molecule has 0 bridgehead atoms. The van der Waals surface area contributed by atoms with Gasteiger partial charge in [-0.15, -0.1) is 0 Å². The van der Waals surface area contributed by atoms with E-state index >= 15 is 0 Å². The predicted octanol–water partition coefficient (Wildman–Crippen LogP) is 4.88. The molecule has 0 aliphatic carbocycles. The summed E-state index contributed by atoms with van der Waals surface area (Å²) >= 11 is 4.44. The van der Waals surface area contributed by atoms with Crippen molar-refractivity contribution in [2.45, 2.75) is 77.5 Å². The summed E-state index contributed by atoms with van der Waals surface area (Å²) in [6, 6.07) is 7.58. The first-order valence-electron chi connectivity index (χ1n) is 13.1. The number of aromatic nitrogens is 2. The zero-order chi connectivity index (χ0) is 31.3. The van der Waals surface area contributed by atoms with Crippen LogP contribution in [0.3, 0.4) is 0 Å². The van der Waals surface area contributed by atoms with E-state index in [1.54, 1.807) is 0 Å². The standard InChI is InChI=1S/2C14H18N3O2.2ClH.2Pd/c2*1-13(2)7-18-11(16-13)9-5-6-10(15-9)12-17-14(3,4)8-19-12;;;;/h2*5-6H,7-8H2,1-4H3;2*1H;;/q2*-1;;;2*+2/p-2. The first-order valence-corrected chi connectivity index (χ1v) is 17.1. The predicted molar refractivity (Wildman–Crippen MR) is 158 cm³/mol. The maximum atomic E-state index is 5.58. The van der Waals surface area contributed by atoms with Crippen molar-refractivity contribution in [2.75, 3.05) is 26.4 Å². The van der Waals surface area contributed by atoms with Crippen molar-refractivity contribution < 1.29 is 55.3 Å². The van der Waals surface area contributed by atoms with Gasteiger partial charge in [0.05, 0.1) is 22.2 Å². The molecule has 6 rings (SSSR count). The van der Waals surface area contributed by atoms with Crippen molar-refractivity contribution in [2.24, 2.45) is 20.0 Å². The fraction of sp³-hybridized carbons (Fsp3) is 0.571. The molecule has 4 aliphatic rings. The van der Waals surface area contributed by atoms with Gasteiger partial charge in [-0.3, -0.25) is 0 Å². The Morgan fingerprint density at radius 1 is 0.476 bits per heavy atom. The molecule has 0 fully saturated rings. The molecule has 14 heteroatoms. The van der Waals surface area contributed by atoms with Gasteiger partial charge in [-0.25, -0.2) is 20.0 Å². The zero-order valence-corrected chi connectivity index (χ0v) is 29.5. The van der Waals surface area contributed by atoms with E-state index in [4.69, 9.17) is 18.9 Å². The summed E-state index contributed by atoms with van der Waals surface area (Å²) in [6.07, 6.45) is 0. The van der Waals surface area contributed by atoms with E-state index in [0.29, 0.717) is 50.0 Å². The van der Waals surface area contributed by atoms with Crippen LogP contribution >= 0.6 is 19.1 Å². The Morgan fingerprint density at radius 2 is 0.667 bits per heavy atom. The van der Waals surface area contributed by atoms with Crippen LogP contribution in [0.15, 0.2) is 44.2 Å². The molecule has 0 saturated carbocycles. The molecule has 0 N–H and O–H groups in total. The third-order valence-electron chi connectivity index (χ3n) is 6.02. The summed E-state index contributed by atoms with van der Waals surface area (Å²) in [4.78, 5) is 27.0. The van der Waals surface area contributed by atoms with Crippen LogP contribution in [-0.4, -0.2) is 72.2 Å². The molecule has 42 heavy (non-hydrogen) atoms. The molecule has 0 radical (unpaired) electrons. The second-order valence-corrected chi connectivity index (χ2v) is 12.5. The second kappa shape index (κ2) is 14.0. The Labute approximate surface area is 277 Å². The summed E-state index contributed by atoms with van der Waals surface area (Å²) in [6.45, 7) is 18.7. The fourth-order valence-electron chi connectivity index (χ4n) is 4.06. The van der Waals surface area contributed by atoms with Gasteiger partial charge in [0.1, 0.15) is 26.4 Å². The van der Waals surface area contributed by atoms with E-state index in [0.717, 1.165) is 22.8 Å². The molecule has 10 nitrogen and oxygen atoms in total. The third-order valence-corrected chi connectivity index (χ3v) is 6.02. The number of hydrogen-bond acceptors (Lipinski definition) is 8. The van der Waals surface area contributed by atoms with Crippen molar-refractivity contribution in [3.05, 3.63) is 47.0 Å². The molecule has 0 saturated heterocycles. The average molecular weight is 804 g/mol. The minimum atomic E-state index is -0.169. The topological polar surface area (TPSA) is 115 Å². The van der Waals surface area contributed by atoms with Gasteiger partial charge in [-0.1, -0.05) is 47.0 Å². The Balaban J connectivity index is 0.000000206.